The van der Waals surface area contributed by atoms with Gasteiger partial charge in [0.2, 0.25) is 5.91 Å². The number of hydrogen-bond donors (Lipinski definition) is 3. The van der Waals surface area contributed by atoms with Gasteiger partial charge in [-0.3, -0.25) is 19.8 Å². The van der Waals surface area contributed by atoms with Crippen LogP contribution < -0.4 is 16.0 Å². The van der Waals surface area contributed by atoms with Gasteiger partial charge in [0.1, 0.15) is 12.1 Å². The van der Waals surface area contributed by atoms with Crippen molar-refractivity contribution in [1.29, 1.82) is 0 Å². The lowest BCUT2D eigenvalue weighted by atomic mass is 9.84. The van der Waals surface area contributed by atoms with Crippen LogP contribution in [0, 0.1) is 24.7 Å². The van der Waals surface area contributed by atoms with Gasteiger partial charge in [-0.2, -0.15) is 0 Å². The average molecular weight is 427 g/mol. The van der Waals surface area contributed by atoms with Crippen molar-refractivity contribution in [2.24, 2.45) is 17.8 Å². The number of benzene rings is 1. The molecule has 3 N–H and O–H groups in total. The van der Waals surface area contributed by atoms with Crippen molar-refractivity contribution in [3.8, 4) is 0 Å². The van der Waals surface area contributed by atoms with Crippen LogP contribution in [0.15, 0.2) is 24.3 Å². The van der Waals surface area contributed by atoms with Crippen molar-refractivity contribution in [2.45, 2.75) is 58.0 Å². The first-order valence-corrected chi connectivity index (χ1v) is 11.0. The highest BCUT2D eigenvalue weighted by Gasteiger charge is 2.50. The fourth-order valence-electron chi connectivity index (χ4n) is 5.72. The lowest BCUT2D eigenvalue weighted by molar-refractivity contribution is -0.134. The maximum atomic E-state index is 13.0. The standard InChI is InChI=1S/C23H30N4O4/c1-13-6-4-5-7-18(13)23(3)20(29)27(22(31)26-23)12-19(28)25-21(30)24-14(2)17-11-15-8-9-16(17)10-15/h4-7,14-17H,8-12H2,1-3H3,(H,26,31)(H2,24,25,28,30). The molecule has 1 saturated heterocycles. The Hall–Kier alpha value is -2.90. The number of fused-ring (bicyclic) bond motifs is 2. The molecule has 0 radical (unpaired) electrons. The van der Waals surface area contributed by atoms with Crippen LogP contribution in [0.2, 0.25) is 0 Å². The summed E-state index contributed by atoms with van der Waals surface area (Å²) in [5.41, 5.74) is 0.286. The molecule has 3 fully saturated rings. The van der Waals surface area contributed by atoms with Gasteiger partial charge in [-0.1, -0.05) is 30.7 Å². The van der Waals surface area contributed by atoms with Crippen molar-refractivity contribution < 1.29 is 19.2 Å². The van der Waals surface area contributed by atoms with Crippen molar-refractivity contribution in [3.63, 3.8) is 0 Å². The fourth-order valence-corrected chi connectivity index (χ4v) is 5.72. The second-order valence-corrected chi connectivity index (χ2v) is 9.41. The highest BCUT2D eigenvalue weighted by molar-refractivity contribution is 6.10. The third-order valence-electron chi connectivity index (χ3n) is 7.31. The molecule has 0 spiro atoms. The number of carbonyl (C=O) groups is 4. The molecule has 166 valence electrons. The Bertz CT molecular complexity index is 932. The molecule has 5 unspecified atom stereocenters. The molecule has 2 aliphatic carbocycles. The summed E-state index contributed by atoms with van der Waals surface area (Å²) in [7, 11) is 0. The van der Waals surface area contributed by atoms with Gasteiger partial charge >= 0.3 is 12.1 Å². The van der Waals surface area contributed by atoms with Crippen molar-refractivity contribution in [1.82, 2.24) is 20.9 Å². The molecule has 2 saturated carbocycles. The van der Waals surface area contributed by atoms with Crippen LogP contribution in [0.3, 0.4) is 0 Å². The second-order valence-electron chi connectivity index (χ2n) is 9.41. The van der Waals surface area contributed by atoms with Gasteiger partial charge in [-0.15, -0.1) is 0 Å². The number of imide groups is 2. The third kappa shape index (κ3) is 3.91. The Balaban J connectivity index is 1.34. The Labute approximate surface area is 182 Å². The van der Waals surface area contributed by atoms with E-state index in [4.69, 9.17) is 0 Å². The molecule has 2 bridgehead atoms. The van der Waals surface area contributed by atoms with E-state index in [-0.39, 0.29) is 6.04 Å². The number of nitrogens with one attached hydrogen (secondary N) is 3. The zero-order valence-corrected chi connectivity index (χ0v) is 18.2. The highest BCUT2D eigenvalue weighted by Crippen LogP contribution is 2.49. The average Bonchev–Trinajstić information content (AvgIpc) is 3.39. The maximum absolute atomic E-state index is 13.0. The minimum absolute atomic E-state index is 0.0239. The largest absolute Gasteiger partial charge is 0.335 e. The molecular formula is C23H30N4O4. The topological polar surface area (TPSA) is 108 Å². The van der Waals surface area contributed by atoms with E-state index in [9.17, 15) is 19.2 Å². The number of carbonyl (C=O) groups excluding carboxylic acids is 4. The summed E-state index contributed by atoms with van der Waals surface area (Å²) in [4.78, 5) is 51.0. The van der Waals surface area contributed by atoms with Crippen LogP contribution in [0.1, 0.15) is 50.7 Å². The molecule has 8 heteroatoms. The number of urea groups is 2. The molecule has 6 amide bonds. The van der Waals surface area contributed by atoms with Crippen LogP contribution in [0.5, 0.6) is 0 Å². The van der Waals surface area contributed by atoms with Gasteiger partial charge in [0.25, 0.3) is 5.91 Å². The first kappa shape index (κ1) is 21.3. The summed E-state index contributed by atoms with van der Waals surface area (Å²) >= 11 is 0. The molecule has 3 aliphatic rings. The molecule has 1 aromatic rings. The van der Waals surface area contributed by atoms with Crippen LogP contribution in [-0.2, 0) is 15.1 Å². The van der Waals surface area contributed by atoms with E-state index < -0.39 is 36.0 Å². The number of amides is 6. The summed E-state index contributed by atoms with van der Waals surface area (Å²) in [6, 6.07) is 6.02. The highest BCUT2D eigenvalue weighted by atomic mass is 16.2. The molecule has 4 rings (SSSR count). The van der Waals surface area contributed by atoms with Crippen molar-refractivity contribution in [3.05, 3.63) is 35.4 Å². The van der Waals surface area contributed by atoms with Crippen LogP contribution in [-0.4, -0.2) is 41.4 Å². The number of hydrogen-bond acceptors (Lipinski definition) is 4. The Morgan fingerprint density at radius 2 is 1.97 bits per heavy atom. The van der Waals surface area contributed by atoms with E-state index in [1.54, 1.807) is 19.1 Å². The first-order chi connectivity index (χ1) is 14.7. The van der Waals surface area contributed by atoms with E-state index in [1.807, 2.05) is 26.0 Å². The molecule has 1 aliphatic heterocycles. The van der Waals surface area contributed by atoms with Crippen LogP contribution in [0.25, 0.3) is 0 Å². The predicted octanol–water partition coefficient (Wildman–Crippen LogP) is 2.41. The lowest BCUT2D eigenvalue weighted by Crippen LogP contribution is -2.50. The van der Waals surface area contributed by atoms with Gasteiger partial charge in [0.05, 0.1) is 0 Å². The van der Waals surface area contributed by atoms with Gasteiger partial charge in [0, 0.05) is 6.04 Å². The summed E-state index contributed by atoms with van der Waals surface area (Å²) in [5.74, 6) is 0.653. The molecule has 0 aromatic heterocycles. The summed E-state index contributed by atoms with van der Waals surface area (Å²) in [6.07, 6.45) is 4.86. The SMILES string of the molecule is Cc1ccccc1C1(C)NC(=O)N(CC(=O)NC(=O)NC(C)C2CC3CCC2C3)C1=O. The molecule has 1 heterocycles. The molecular weight excluding hydrogens is 396 g/mol. The molecule has 31 heavy (non-hydrogen) atoms. The number of nitrogens with zero attached hydrogens (tertiary/aromatic N) is 1. The normalized spacial score (nSPS) is 30.3. The van der Waals surface area contributed by atoms with Crippen molar-refractivity contribution >= 4 is 23.9 Å². The van der Waals surface area contributed by atoms with E-state index >= 15 is 0 Å². The van der Waals surface area contributed by atoms with E-state index in [1.165, 1.54) is 19.3 Å². The van der Waals surface area contributed by atoms with E-state index in [0.717, 1.165) is 22.8 Å². The minimum atomic E-state index is -1.25. The second kappa shape index (κ2) is 7.98. The van der Waals surface area contributed by atoms with Gasteiger partial charge < -0.3 is 10.6 Å². The fraction of sp³-hybridized carbons (Fsp3) is 0.565. The van der Waals surface area contributed by atoms with E-state index in [0.29, 0.717) is 17.4 Å². The lowest BCUT2D eigenvalue weighted by Gasteiger charge is -2.28. The minimum Gasteiger partial charge on any atom is -0.335 e. The van der Waals surface area contributed by atoms with Crippen molar-refractivity contribution in [2.75, 3.05) is 6.54 Å². The predicted molar refractivity (Wildman–Crippen MR) is 114 cm³/mol. The van der Waals surface area contributed by atoms with Crippen LogP contribution in [0.4, 0.5) is 9.59 Å². The summed E-state index contributed by atoms with van der Waals surface area (Å²) in [5, 5.41) is 7.81. The number of aryl methyl sites for hydroxylation is 1. The zero-order valence-electron chi connectivity index (χ0n) is 18.2. The van der Waals surface area contributed by atoms with E-state index in [2.05, 4.69) is 16.0 Å². The molecule has 5 atom stereocenters. The zero-order chi connectivity index (χ0) is 22.3. The molecule has 8 nitrogen and oxygen atoms in total. The Kier molecular flexibility index (Phi) is 5.49. The number of rotatable bonds is 5. The first-order valence-electron chi connectivity index (χ1n) is 11.0. The Morgan fingerprint density at radius 3 is 2.61 bits per heavy atom. The third-order valence-corrected chi connectivity index (χ3v) is 7.31. The maximum Gasteiger partial charge on any atom is 0.325 e. The Morgan fingerprint density at radius 1 is 1.23 bits per heavy atom. The summed E-state index contributed by atoms with van der Waals surface area (Å²) < 4.78 is 0. The van der Waals surface area contributed by atoms with Gasteiger partial charge in [-0.05, 0) is 68.9 Å². The smallest absolute Gasteiger partial charge is 0.325 e. The monoisotopic (exact) mass is 426 g/mol. The van der Waals surface area contributed by atoms with Gasteiger partial charge in [-0.25, -0.2) is 9.59 Å². The van der Waals surface area contributed by atoms with Crippen LogP contribution >= 0.6 is 0 Å². The molecule has 1 aromatic carbocycles. The quantitative estimate of drug-likeness (QED) is 0.629. The summed E-state index contributed by atoms with van der Waals surface area (Å²) in [6.45, 7) is 4.94. The van der Waals surface area contributed by atoms with Gasteiger partial charge in [0.15, 0.2) is 0 Å².